The Morgan fingerprint density at radius 1 is 1.30 bits per heavy atom. The van der Waals surface area contributed by atoms with Gasteiger partial charge < -0.3 is 14.6 Å². The van der Waals surface area contributed by atoms with Crippen molar-refractivity contribution >= 4 is 44.7 Å². The van der Waals surface area contributed by atoms with Crippen LogP contribution in [0.4, 0.5) is 10.6 Å². The van der Waals surface area contributed by atoms with E-state index in [0.29, 0.717) is 22.7 Å². The van der Waals surface area contributed by atoms with Gasteiger partial charge in [0.1, 0.15) is 19.5 Å². The van der Waals surface area contributed by atoms with E-state index in [1.165, 1.54) is 34.2 Å². The van der Waals surface area contributed by atoms with Crippen molar-refractivity contribution in [1.29, 1.82) is 0 Å². The number of anilines is 1. The van der Waals surface area contributed by atoms with Crippen molar-refractivity contribution in [2.45, 2.75) is 0 Å². The first-order valence-corrected chi connectivity index (χ1v) is 8.75. The Morgan fingerprint density at radius 3 is 2.87 bits per heavy atom. The number of fused-ring (bicyclic) bond motifs is 1. The summed E-state index contributed by atoms with van der Waals surface area (Å²) < 4.78 is 4.99. The van der Waals surface area contributed by atoms with Gasteiger partial charge in [-0.2, -0.15) is 0 Å². The monoisotopic (exact) mass is 360 g/mol. The first-order valence-electron chi connectivity index (χ1n) is 6.26. The number of rotatable bonds is 9. The molecule has 0 aliphatic heterocycles. The third kappa shape index (κ3) is 5.78. The van der Waals surface area contributed by atoms with Crippen molar-refractivity contribution in [3.8, 4) is 0 Å². The molecule has 2 aromatic rings. The third-order valence-corrected chi connectivity index (χ3v) is 4.62. The first kappa shape index (κ1) is 17.1. The lowest BCUT2D eigenvalue weighted by molar-refractivity contribution is -0.756. The highest BCUT2D eigenvalue weighted by molar-refractivity contribution is 8.76. The summed E-state index contributed by atoms with van der Waals surface area (Å²) in [6, 6.07) is 0. The second-order valence-electron chi connectivity index (χ2n) is 3.78. The molecule has 0 aliphatic rings. The number of nitrogens with zero attached hydrogens (tertiary/aromatic N) is 4. The molecule has 0 atom stereocenters. The van der Waals surface area contributed by atoms with Crippen LogP contribution in [0, 0.1) is 10.1 Å². The van der Waals surface area contributed by atoms with Gasteiger partial charge >= 0.3 is 6.09 Å². The Balaban J connectivity index is 1.60. The average Bonchev–Trinajstić information content (AvgIpc) is 2.99. The van der Waals surface area contributed by atoms with Crippen LogP contribution in [0.1, 0.15) is 0 Å². The summed E-state index contributed by atoms with van der Waals surface area (Å²) in [4.78, 5) is 40.4. The molecule has 23 heavy (non-hydrogen) atoms. The molecule has 0 saturated carbocycles. The van der Waals surface area contributed by atoms with E-state index in [0.717, 1.165) is 0 Å². The van der Waals surface area contributed by atoms with E-state index >= 15 is 0 Å². The van der Waals surface area contributed by atoms with Crippen LogP contribution in [0.3, 0.4) is 0 Å². The number of hydrogen-bond acceptors (Lipinski definition) is 10. The Bertz CT molecular complexity index is 668. The minimum absolute atomic E-state index is 0.0272. The molecular weight excluding hydrogens is 348 g/mol. The van der Waals surface area contributed by atoms with Gasteiger partial charge in [-0.1, -0.05) is 21.6 Å². The minimum Gasteiger partial charge on any atom is -0.448 e. The first-order chi connectivity index (χ1) is 11.2. The van der Waals surface area contributed by atoms with Crippen molar-refractivity contribution in [2.75, 3.05) is 30.0 Å². The molecule has 1 amide bonds. The zero-order valence-corrected chi connectivity index (χ0v) is 13.3. The van der Waals surface area contributed by atoms with Gasteiger partial charge in [-0.05, 0) is 0 Å². The summed E-state index contributed by atoms with van der Waals surface area (Å²) in [5.74, 6) is 1.27. The number of H-pyrrole nitrogens is 1. The van der Waals surface area contributed by atoms with Crippen LogP contribution < -0.4 is 5.32 Å². The van der Waals surface area contributed by atoms with Crippen molar-refractivity contribution in [2.24, 2.45) is 0 Å². The van der Waals surface area contributed by atoms with E-state index in [2.05, 4.69) is 30.1 Å². The van der Waals surface area contributed by atoms with Gasteiger partial charge in [0.15, 0.2) is 17.0 Å². The molecule has 0 radical (unpaired) electrons. The molecular formula is C10H12N6O5S2. The number of amides is 1. The van der Waals surface area contributed by atoms with E-state index in [9.17, 15) is 14.9 Å². The number of nitrogens with one attached hydrogen (secondary N) is 2. The van der Waals surface area contributed by atoms with E-state index < -0.39 is 11.2 Å². The summed E-state index contributed by atoms with van der Waals surface area (Å²) in [6.07, 6.45) is 2.11. The van der Waals surface area contributed by atoms with Gasteiger partial charge in [-0.15, -0.1) is 10.1 Å². The van der Waals surface area contributed by atoms with E-state index in [-0.39, 0.29) is 19.0 Å². The van der Waals surface area contributed by atoms with Gasteiger partial charge in [0, 0.05) is 11.5 Å². The molecule has 0 saturated heterocycles. The van der Waals surface area contributed by atoms with Crippen LogP contribution in [0.5, 0.6) is 0 Å². The Hall–Kier alpha value is -2.28. The fourth-order valence-electron chi connectivity index (χ4n) is 1.42. The fraction of sp³-hybridized carbons (Fsp3) is 0.400. The maximum atomic E-state index is 11.6. The van der Waals surface area contributed by atoms with Crippen LogP contribution in [0.15, 0.2) is 12.7 Å². The highest BCUT2D eigenvalue weighted by Gasteiger charge is 2.10. The van der Waals surface area contributed by atoms with Crippen LogP contribution in [-0.2, 0) is 9.57 Å². The second kappa shape index (κ2) is 8.99. The van der Waals surface area contributed by atoms with E-state index in [1.54, 1.807) is 0 Å². The van der Waals surface area contributed by atoms with E-state index in [1.807, 2.05) is 0 Å². The summed E-state index contributed by atoms with van der Waals surface area (Å²) in [7, 11) is 2.82. The molecule has 0 unspecified atom stereocenters. The van der Waals surface area contributed by atoms with Crippen molar-refractivity contribution in [3.63, 3.8) is 0 Å². The second-order valence-corrected chi connectivity index (χ2v) is 6.49. The molecule has 0 aliphatic carbocycles. The van der Waals surface area contributed by atoms with Gasteiger partial charge in [0.2, 0.25) is 0 Å². The van der Waals surface area contributed by atoms with Gasteiger partial charge in [-0.25, -0.2) is 19.7 Å². The number of aromatic amines is 1. The Morgan fingerprint density at radius 2 is 2.09 bits per heavy atom. The van der Waals surface area contributed by atoms with Crippen molar-refractivity contribution in [1.82, 2.24) is 19.9 Å². The number of hydrogen-bond donors (Lipinski definition) is 2. The highest BCUT2D eigenvalue weighted by Crippen LogP contribution is 2.20. The zero-order valence-electron chi connectivity index (χ0n) is 11.6. The average molecular weight is 360 g/mol. The molecule has 2 heterocycles. The zero-order chi connectivity index (χ0) is 16.5. The normalized spacial score (nSPS) is 10.4. The summed E-state index contributed by atoms with van der Waals surface area (Å²) in [5.41, 5.74) is 0.958. The molecule has 13 heteroatoms. The summed E-state index contributed by atoms with van der Waals surface area (Å²) in [5, 5.41) is 11.6. The number of imidazole rings is 1. The molecule has 124 valence electrons. The summed E-state index contributed by atoms with van der Waals surface area (Å²) in [6.45, 7) is 0.216. The molecule has 0 spiro atoms. The maximum absolute atomic E-state index is 11.6. The molecule has 0 bridgehead atoms. The molecule has 2 rings (SSSR count). The van der Waals surface area contributed by atoms with Crippen molar-refractivity contribution < 1.29 is 19.5 Å². The van der Waals surface area contributed by atoms with Crippen LogP contribution >= 0.6 is 21.6 Å². The molecule has 2 aromatic heterocycles. The number of carbonyl (C=O) groups excluding carboxylic acids is 1. The van der Waals surface area contributed by atoms with Gasteiger partial charge in [-0.3, -0.25) is 5.32 Å². The molecule has 0 aromatic carbocycles. The quantitative estimate of drug-likeness (QED) is 0.292. The lowest BCUT2D eigenvalue weighted by Crippen LogP contribution is -2.16. The fourth-order valence-corrected chi connectivity index (χ4v) is 3.07. The topological polar surface area (TPSA) is 145 Å². The van der Waals surface area contributed by atoms with Crippen molar-refractivity contribution in [3.05, 3.63) is 22.8 Å². The lowest BCUT2D eigenvalue weighted by atomic mass is 10.5. The predicted octanol–water partition coefficient (Wildman–Crippen LogP) is 1.49. The van der Waals surface area contributed by atoms with Gasteiger partial charge in [0.05, 0.1) is 6.33 Å². The van der Waals surface area contributed by atoms with Gasteiger partial charge in [0.25, 0.3) is 5.09 Å². The SMILES string of the molecule is O=C(Nc1ncnc2[nH]cnc12)OCCSSCCO[N+](=O)[O-]. The molecule has 2 N–H and O–H groups in total. The highest BCUT2D eigenvalue weighted by atomic mass is 33.1. The third-order valence-electron chi connectivity index (χ3n) is 2.28. The standard InChI is InChI=1S/C10H12N6O5S2/c17-10(20-1-3-22-23-4-2-21-16(18)19)15-9-7-8(12-5-11-7)13-6-14-9/h5-6H,1-4H2,(H2,11,12,13,14,15,17). The smallest absolute Gasteiger partial charge is 0.412 e. The maximum Gasteiger partial charge on any atom is 0.412 e. The Labute approximate surface area is 137 Å². The largest absolute Gasteiger partial charge is 0.448 e. The number of carbonyl (C=O) groups is 1. The molecule has 0 fully saturated rings. The molecule has 11 nitrogen and oxygen atoms in total. The number of aromatic nitrogens is 4. The van der Waals surface area contributed by atoms with Crippen LogP contribution in [0.2, 0.25) is 0 Å². The predicted molar refractivity (Wildman–Crippen MR) is 84.5 cm³/mol. The summed E-state index contributed by atoms with van der Waals surface area (Å²) >= 11 is 0. The lowest BCUT2D eigenvalue weighted by Gasteiger charge is -2.06. The minimum atomic E-state index is -0.831. The van der Waals surface area contributed by atoms with E-state index in [4.69, 9.17) is 4.74 Å². The Kier molecular flexibility index (Phi) is 6.68. The van der Waals surface area contributed by atoms with Crippen LogP contribution in [0.25, 0.3) is 11.2 Å². The van der Waals surface area contributed by atoms with Crippen LogP contribution in [-0.4, -0.2) is 55.8 Å². The number of ether oxygens (including phenoxy) is 1.